The van der Waals surface area contributed by atoms with Crippen LogP contribution in [0.1, 0.15) is 21.5 Å². The number of methoxy groups -OCH3 is 1. The monoisotopic (exact) mass is 383 g/mol. The highest BCUT2D eigenvalue weighted by Crippen LogP contribution is 2.28. The van der Waals surface area contributed by atoms with E-state index >= 15 is 0 Å². The number of carbonyl (C=O) groups excluding carboxylic acids is 1. The third-order valence-corrected chi connectivity index (χ3v) is 4.77. The van der Waals surface area contributed by atoms with E-state index in [4.69, 9.17) is 14.5 Å². The van der Waals surface area contributed by atoms with Crippen LogP contribution < -0.4 is 9.47 Å². The van der Waals surface area contributed by atoms with Crippen LogP contribution in [0.15, 0.2) is 72.8 Å². The summed E-state index contributed by atoms with van der Waals surface area (Å²) in [6.45, 7) is 3.96. The van der Waals surface area contributed by atoms with Crippen molar-refractivity contribution in [3.63, 3.8) is 0 Å². The molecular weight excluding hydrogens is 362 g/mol. The van der Waals surface area contributed by atoms with Crippen molar-refractivity contribution in [1.29, 1.82) is 0 Å². The number of aromatic nitrogens is 1. The number of hydrogen-bond donors (Lipinski definition) is 0. The predicted octanol–water partition coefficient (Wildman–Crippen LogP) is 5.75. The molecule has 4 heteroatoms. The van der Waals surface area contributed by atoms with Gasteiger partial charge < -0.3 is 9.47 Å². The van der Waals surface area contributed by atoms with Gasteiger partial charge in [-0.1, -0.05) is 23.8 Å². The van der Waals surface area contributed by atoms with Gasteiger partial charge in [0, 0.05) is 10.9 Å². The summed E-state index contributed by atoms with van der Waals surface area (Å²) in [5.74, 6) is 0.895. The maximum Gasteiger partial charge on any atom is 0.344 e. The maximum absolute atomic E-state index is 13.1. The third kappa shape index (κ3) is 3.97. The lowest BCUT2D eigenvalue weighted by Crippen LogP contribution is -2.10. The number of benzene rings is 3. The molecule has 0 saturated carbocycles. The number of rotatable bonds is 4. The smallest absolute Gasteiger partial charge is 0.344 e. The molecule has 0 aliphatic rings. The Labute approximate surface area is 169 Å². The summed E-state index contributed by atoms with van der Waals surface area (Å²) < 4.78 is 10.9. The van der Waals surface area contributed by atoms with Gasteiger partial charge in [0.2, 0.25) is 0 Å². The van der Waals surface area contributed by atoms with Gasteiger partial charge in [-0.2, -0.15) is 0 Å². The molecule has 0 amide bonds. The van der Waals surface area contributed by atoms with E-state index in [2.05, 4.69) is 0 Å². The van der Waals surface area contributed by atoms with Crippen LogP contribution in [-0.2, 0) is 0 Å². The number of hydrogen-bond acceptors (Lipinski definition) is 4. The van der Waals surface area contributed by atoms with Crippen molar-refractivity contribution in [2.45, 2.75) is 13.8 Å². The molecule has 0 unspecified atom stereocenters. The van der Waals surface area contributed by atoms with E-state index in [0.29, 0.717) is 17.0 Å². The Balaban J connectivity index is 1.81. The van der Waals surface area contributed by atoms with E-state index in [1.54, 1.807) is 19.2 Å². The SMILES string of the molecule is COc1ccc(-c2cc(C(=O)Oc3cccc(C)c3)c3cc(C)ccc3n2)cc1. The molecule has 0 fully saturated rings. The second-order valence-electron chi connectivity index (χ2n) is 7.01. The number of fused-ring (bicyclic) bond motifs is 1. The van der Waals surface area contributed by atoms with Crippen LogP contribution in [0, 0.1) is 13.8 Å². The molecule has 1 heterocycles. The summed E-state index contributed by atoms with van der Waals surface area (Å²) in [4.78, 5) is 17.8. The summed E-state index contributed by atoms with van der Waals surface area (Å²) in [5.41, 5.74) is 4.94. The fourth-order valence-electron chi connectivity index (χ4n) is 3.26. The lowest BCUT2D eigenvalue weighted by atomic mass is 10.0. The topological polar surface area (TPSA) is 48.4 Å². The Kier molecular flexibility index (Phi) is 5.00. The standard InChI is InChI=1S/C25H21NO3/c1-16-5-4-6-20(13-16)29-25(27)22-15-24(18-8-10-19(28-3)11-9-18)26-23-12-7-17(2)14-21(22)23/h4-15H,1-3H3. The maximum atomic E-state index is 13.1. The highest BCUT2D eigenvalue weighted by Gasteiger charge is 2.16. The van der Waals surface area contributed by atoms with Gasteiger partial charge in [0.15, 0.2) is 0 Å². The molecule has 0 atom stereocenters. The Bertz CT molecular complexity index is 1200. The van der Waals surface area contributed by atoms with Gasteiger partial charge in [0.25, 0.3) is 0 Å². The Morgan fingerprint density at radius 3 is 2.31 bits per heavy atom. The van der Waals surface area contributed by atoms with E-state index in [9.17, 15) is 4.79 Å². The molecule has 0 spiro atoms. The van der Waals surface area contributed by atoms with Gasteiger partial charge in [-0.05, 0) is 74.0 Å². The molecule has 0 N–H and O–H groups in total. The first kappa shape index (κ1) is 18.7. The van der Waals surface area contributed by atoms with Crippen molar-refractivity contribution >= 4 is 16.9 Å². The lowest BCUT2D eigenvalue weighted by molar-refractivity contribution is 0.0737. The highest BCUT2D eigenvalue weighted by atomic mass is 16.5. The fourth-order valence-corrected chi connectivity index (χ4v) is 3.26. The second-order valence-corrected chi connectivity index (χ2v) is 7.01. The van der Waals surface area contributed by atoms with Gasteiger partial charge in [0.1, 0.15) is 11.5 Å². The Morgan fingerprint density at radius 1 is 0.828 bits per heavy atom. The summed E-state index contributed by atoms with van der Waals surface area (Å²) in [5, 5.41) is 0.778. The van der Waals surface area contributed by atoms with Crippen molar-refractivity contribution in [3.05, 3.63) is 89.5 Å². The van der Waals surface area contributed by atoms with Crippen LogP contribution in [0.4, 0.5) is 0 Å². The van der Waals surface area contributed by atoms with Gasteiger partial charge in [0.05, 0.1) is 23.9 Å². The number of carbonyl (C=O) groups is 1. The van der Waals surface area contributed by atoms with Gasteiger partial charge in [-0.3, -0.25) is 0 Å². The zero-order chi connectivity index (χ0) is 20.4. The van der Waals surface area contributed by atoms with E-state index in [1.165, 1.54) is 0 Å². The van der Waals surface area contributed by atoms with E-state index < -0.39 is 5.97 Å². The van der Waals surface area contributed by atoms with Crippen LogP contribution in [0.25, 0.3) is 22.2 Å². The number of ether oxygens (including phenoxy) is 2. The van der Waals surface area contributed by atoms with Crippen molar-refractivity contribution in [2.24, 2.45) is 0 Å². The van der Waals surface area contributed by atoms with Crippen LogP contribution in [0.5, 0.6) is 11.5 Å². The molecule has 0 saturated heterocycles. The quantitative estimate of drug-likeness (QED) is 0.333. The zero-order valence-electron chi connectivity index (χ0n) is 16.6. The molecule has 0 radical (unpaired) electrons. The molecule has 3 aromatic carbocycles. The van der Waals surface area contributed by atoms with Gasteiger partial charge >= 0.3 is 5.97 Å². The van der Waals surface area contributed by atoms with Crippen molar-refractivity contribution in [2.75, 3.05) is 7.11 Å². The van der Waals surface area contributed by atoms with Crippen LogP contribution >= 0.6 is 0 Å². The molecule has 4 aromatic rings. The first-order valence-electron chi connectivity index (χ1n) is 9.38. The van der Waals surface area contributed by atoms with Gasteiger partial charge in [-0.15, -0.1) is 0 Å². The molecule has 0 aliphatic heterocycles. The Morgan fingerprint density at radius 2 is 1.59 bits per heavy atom. The molecule has 144 valence electrons. The van der Waals surface area contributed by atoms with E-state index in [1.807, 2.05) is 74.5 Å². The zero-order valence-corrected chi connectivity index (χ0v) is 16.6. The average molecular weight is 383 g/mol. The molecule has 1 aromatic heterocycles. The largest absolute Gasteiger partial charge is 0.497 e. The average Bonchev–Trinajstić information content (AvgIpc) is 2.73. The van der Waals surface area contributed by atoms with E-state index in [-0.39, 0.29) is 0 Å². The van der Waals surface area contributed by atoms with Crippen molar-refractivity contribution in [1.82, 2.24) is 4.98 Å². The first-order valence-corrected chi connectivity index (χ1v) is 9.38. The van der Waals surface area contributed by atoms with E-state index in [0.717, 1.165) is 33.3 Å². The normalized spacial score (nSPS) is 10.7. The van der Waals surface area contributed by atoms with Gasteiger partial charge in [-0.25, -0.2) is 9.78 Å². The number of pyridine rings is 1. The van der Waals surface area contributed by atoms with Crippen LogP contribution in [0.2, 0.25) is 0 Å². The second kappa shape index (κ2) is 7.76. The molecule has 4 rings (SSSR count). The minimum absolute atomic E-state index is 0.400. The summed E-state index contributed by atoms with van der Waals surface area (Å²) in [6.07, 6.45) is 0. The lowest BCUT2D eigenvalue weighted by Gasteiger charge is -2.11. The number of aryl methyl sites for hydroxylation is 2. The summed E-state index contributed by atoms with van der Waals surface area (Å²) >= 11 is 0. The molecule has 0 bridgehead atoms. The Hall–Kier alpha value is -3.66. The van der Waals surface area contributed by atoms with Crippen LogP contribution in [0.3, 0.4) is 0 Å². The molecular formula is C25H21NO3. The molecule has 29 heavy (non-hydrogen) atoms. The first-order chi connectivity index (χ1) is 14.0. The summed E-state index contributed by atoms with van der Waals surface area (Å²) in [6, 6.07) is 22.7. The summed E-state index contributed by atoms with van der Waals surface area (Å²) in [7, 11) is 1.63. The van der Waals surface area contributed by atoms with Crippen molar-refractivity contribution < 1.29 is 14.3 Å². The number of nitrogens with zero attached hydrogens (tertiary/aromatic N) is 1. The number of esters is 1. The van der Waals surface area contributed by atoms with Crippen molar-refractivity contribution in [3.8, 4) is 22.8 Å². The molecule has 4 nitrogen and oxygen atoms in total. The highest BCUT2D eigenvalue weighted by molar-refractivity contribution is 6.05. The van der Waals surface area contributed by atoms with Crippen LogP contribution in [-0.4, -0.2) is 18.1 Å². The third-order valence-electron chi connectivity index (χ3n) is 4.77. The fraction of sp³-hybridized carbons (Fsp3) is 0.120. The minimum atomic E-state index is -0.400. The molecule has 0 aliphatic carbocycles. The minimum Gasteiger partial charge on any atom is -0.497 e. The predicted molar refractivity (Wildman–Crippen MR) is 115 cm³/mol.